The number of carbonyl (C=O) groups is 2. The zero-order valence-electron chi connectivity index (χ0n) is 19.9. The fraction of sp³-hybridized carbons (Fsp3) is 0.440. The SMILES string of the molecule is CC(=O)N1CCc2cc(S(=O)(=O)N[C@H](C(=O)N3CCN(c4ccccc4)CC3)C(C)C)ccc21. The number of carbonyl (C=O) groups excluding carboxylic acids is 2. The number of nitrogens with one attached hydrogen (secondary N) is 1. The molecule has 0 spiro atoms. The van der Waals surface area contributed by atoms with Crippen LogP contribution in [-0.2, 0) is 26.0 Å². The average molecular weight is 485 g/mol. The third-order valence-corrected chi connectivity index (χ3v) is 8.00. The molecule has 1 atom stereocenters. The summed E-state index contributed by atoms with van der Waals surface area (Å²) in [4.78, 5) is 30.9. The first kappa shape index (κ1) is 24.2. The summed E-state index contributed by atoms with van der Waals surface area (Å²) >= 11 is 0. The van der Waals surface area contributed by atoms with E-state index in [1.165, 1.54) is 13.0 Å². The summed E-state index contributed by atoms with van der Waals surface area (Å²) in [6, 6.07) is 14.0. The molecule has 2 aliphatic heterocycles. The standard InChI is InChI=1S/C25H32N4O4S/c1-18(2)24(25(31)28-15-13-27(14-16-28)21-7-5-4-6-8-21)26-34(32,33)22-9-10-23-20(17-22)11-12-29(23)19(3)30/h4-10,17-18,24,26H,11-16H2,1-3H3/t24-/m0/s1. The summed E-state index contributed by atoms with van der Waals surface area (Å²) in [5, 5.41) is 0. The predicted octanol–water partition coefficient (Wildman–Crippen LogP) is 2.25. The third-order valence-electron chi connectivity index (χ3n) is 6.56. The van der Waals surface area contributed by atoms with Gasteiger partial charge in [-0.3, -0.25) is 9.59 Å². The molecule has 1 fully saturated rings. The molecule has 8 nitrogen and oxygen atoms in total. The average Bonchev–Trinajstić information content (AvgIpc) is 3.26. The van der Waals surface area contributed by atoms with Crippen molar-refractivity contribution in [2.24, 2.45) is 5.92 Å². The lowest BCUT2D eigenvalue weighted by Gasteiger charge is -2.38. The van der Waals surface area contributed by atoms with E-state index in [-0.39, 0.29) is 22.6 Å². The Labute approximate surface area is 201 Å². The molecular weight excluding hydrogens is 452 g/mol. The highest BCUT2D eigenvalue weighted by Gasteiger charge is 2.34. The van der Waals surface area contributed by atoms with Crippen LogP contribution in [0.1, 0.15) is 26.3 Å². The molecule has 182 valence electrons. The lowest BCUT2D eigenvalue weighted by Crippen LogP contribution is -2.56. The quantitative estimate of drug-likeness (QED) is 0.679. The van der Waals surface area contributed by atoms with Crippen molar-refractivity contribution in [2.75, 3.05) is 42.5 Å². The largest absolute Gasteiger partial charge is 0.368 e. The van der Waals surface area contributed by atoms with Gasteiger partial charge in [-0.1, -0.05) is 32.0 Å². The number of nitrogens with zero attached hydrogens (tertiary/aromatic N) is 3. The molecule has 2 heterocycles. The van der Waals surface area contributed by atoms with Gasteiger partial charge < -0.3 is 14.7 Å². The monoisotopic (exact) mass is 484 g/mol. The van der Waals surface area contributed by atoms with Gasteiger partial charge in [0.2, 0.25) is 21.8 Å². The lowest BCUT2D eigenvalue weighted by molar-refractivity contribution is -0.134. The summed E-state index contributed by atoms with van der Waals surface area (Å²) in [6.07, 6.45) is 0.608. The number of hydrogen-bond donors (Lipinski definition) is 1. The van der Waals surface area contributed by atoms with Crippen LogP contribution in [-0.4, -0.2) is 63.9 Å². The van der Waals surface area contributed by atoms with Crippen molar-refractivity contribution in [3.63, 3.8) is 0 Å². The lowest BCUT2D eigenvalue weighted by atomic mass is 10.0. The molecule has 0 aliphatic carbocycles. The van der Waals surface area contributed by atoms with Gasteiger partial charge in [-0.2, -0.15) is 4.72 Å². The summed E-state index contributed by atoms with van der Waals surface area (Å²) in [5.74, 6) is -0.474. The van der Waals surface area contributed by atoms with Gasteiger partial charge in [-0.05, 0) is 48.2 Å². The van der Waals surface area contributed by atoms with Crippen LogP contribution in [0.3, 0.4) is 0 Å². The summed E-state index contributed by atoms with van der Waals surface area (Å²) in [6.45, 7) is 8.22. The van der Waals surface area contributed by atoms with Crippen LogP contribution < -0.4 is 14.5 Å². The molecular formula is C25H32N4O4S. The summed E-state index contributed by atoms with van der Waals surface area (Å²) in [5.41, 5.74) is 2.69. The van der Waals surface area contributed by atoms with E-state index in [1.54, 1.807) is 21.9 Å². The highest BCUT2D eigenvalue weighted by Crippen LogP contribution is 2.30. The van der Waals surface area contributed by atoms with Gasteiger partial charge in [0.05, 0.1) is 4.90 Å². The van der Waals surface area contributed by atoms with Crippen LogP contribution in [0.4, 0.5) is 11.4 Å². The van der Waals surface area contributed by atoms with Crippen LogP contribution in [0.15, 0.2) is 53.4 Å². The zero-order chi connectivity index (χ0) is 24.5. The molecule has 0 bridgehead atoms. The van der Waals surface area contributed by atoms with Crippen molar-refractivity contribution >= 4 is 33.2 Å². The molecule has 0 saturated carbocycles. The molecule has 4 rings (SSSR count). The Morgan fingerprint density at radius 3 is 2.24 bits per heavy atom. The van der Waals surface area contributed by atoms with Crippen LogP contribution >= 0.6 is 0 Å². The Bertz CT molecular complexity index is 1160. The summed E-state index contributed by atoms with van der Waals surface area (Å²) in [7, 11) is -3.91. The minimum atomic E-state index is -3.91. The zero-order valence-corrected chi connectivity index (χ0v) is 20.7. The molecule has 2 aliphatic rings. The Morgan fingerprint density at radius 2 is 1.62 bits per heavy atom. The molecule has 2 aromatic carbocycles. The number of hydrogen-bond acceptors (Lipinski definition) is 5. The number of benzene rings is 2. The van der Waals surface area contributed by atoms with E-state index in [0.29, 0.717) is 39.1 Å². The molecule has 2 amide bonds. The maximum Gasteiger partial charge on any atom is 0.241 e. The van der Waals surface area contributed by atoms with Gasteiger partial charge in [-0.15, -0.1) is 0 Å². The number of sulfonamides is 1. The van der Waals surface area contributed by atoms with Gasteiger partial charge in [0.1, 0.15) is 6.04 Å². The van der Waals surface area contributed by atoms with Crippen LogP contribution in [0, 0.1) is 5.92 Å². The van der Waals surface area contributed by atoms with Gasteiger partial charge >= 0.3 is 0 Å². The number of piperazine rings is 1. The van der Waals surface area contributed by atoms with E-state index in [4.69, 9.17) is 0 Å². The van der Waals surface area contributed by atoms with E-state index in [0.717, 1.165) is 16.9 Å². The van der Waals surface area contributed by atoms with Gasteiger partial charge in [0.25, 0.3) is 0 Å². The minimum absolute atomic E-state index is 0.0645. The second kappa shape index (κ2) is 9.76. The fourth-order valence-corrected chi connectivity index (χ4v) is 5.99. The van der Waals surface area contributed by atoms with Gasteiger partial charge in [0, 0.05) is 51.0 Å². The number of anilines is 2. The highest BCUT2D eigenvalue weighted by atomic mass is 32.2. The van der Waals surface area contributed by atoms with Crippen molar-refractivity contribution in [1.29, 1.82) is 0 Å². The number of fused-ring (bicyclic) bond motifs is 1. The third kappa shape index (κ3) is 4.95. The van der Waals surface area contributed by atoms with Gasteiger partial charge in [-0.25, -0.2) is 8.42 Å². The minimum Gasteiger partial charge on any atom is -0.368 e. The van der Waals surface area contributed by atoms with Crippen molar-refractivity contribution in [3.8, 4) is 0 Å². The van der Waals surface area contributed by atoms with Crippen molar-refractivity contribution in [3.05, 3.63) is 54.1 Å². The highest BCUT2D eigenvalue weighted by molar-refractivity contribution is 7.89. The Balaban J connectivity index is 1.46. The second-order valence-electron chi connectivity index (χ2n) is 9.20. The number of para-hydroxylation sites is 1. The normalized spacial score (nSPS) is 17.1. The first-order chi connectivity index (χ1) is 16.2. The molecule has 0 aromatic heterocycles. The molecule has 0 radical (unpaired) electrons. The Morgan fingerprint density at radius 1 is 0.941 bits per heavy atom. The van der Waals surface area contributed by atoms with E-state index >= 15 is 0 Å². The van der Waals surface area contributed by atoms with Crippen molar-refractivity contribution < 1.29 is 18.0 Å². The fourth-order valence-electron chi connectivity index (χ4n) is 4.60. The van der Waals surface area contributed by atoms with E-state index < -0.39 is 16.1 Å². The first-order valence-electron chi connectivity index (χ1n) is 11.7. The number of rotatable bonds is 6. The molecule has 1 saturated heterocycles. The Hall–Kier alpha value is -2.91. The molecule has 34 heavy (non-hydrogen) atoms. The Kier molecular flexibility index (Phi) is 6.95. The van der Waals surface area contributed by atoms with Gasteiger partial charge in [0.15, 0.2) is 0 Å². The van der Waals surface area contributed by atoms with E-state index in [9.17, 15) is 18.0 Å². The number of amides is 2. The topological polar surface area (TPSA) is 90.0 Å². The van der Waals surface area contributed by atoms with E-state index in [2.05, 4.69) is 21.8 Å². The second-order valence-corrected chi connectivity index (χ2v) is 10.9. The molecule has 9 heteroatoms. The van der Waals surface area contributed by atoms with Crippen LogP contribution in [0.5, 0.6) is 0 Å². The van der Waals surface area contributed by atoms with Crippen molar-refractivity contribution in [1.82, 2.24) is 9.62 Å². The molecule has 1 N–H and O–H groups in total. The molecule has 2 aromatic rings. The summed E-state index contributed by atoms with van der Waals surface area (Å²) < 4.78 is 29.1. The maximum absolute atomic E-state index is 13.3. The smallest absolute Gasteiger partial charge is 0.241 e. The first-order valence-corrected chi connectivity index (χ1v) is 13.2. The predicted molar refractivity (Wildman–Crippen MR) is 132 cm³/mol. The van der Waals surface area contributed by atoms with Crippen molar-refractivity contribution in [2.45, 2.75) is 38.1 Å². The van der Waals surface area contributed by atoms with E-state index in [1.807, 2.05) is 32.0 Å². The van der Waals surface area contributed by atoms with Crippen LogP contribution in [0.25, 0.3) is 0 Å². The molecule has 0 unspecified atom stereocenters. The maximum atomic E-state index is 13.3. The van der Waals surface area contributed by atoms with Crippen LogP contribution in [0.2, 0.25) is 0 Å².